The van der Waals surface area contributed by atoms with Gasteiger partial charge in [-0.15, -0.1) is 0 Å². The number of hydrogen-bond donors (Lipinski definition) is 0. The number of hydrogen-bond acceptors (Lipinski definition) is 1. The van der Waals surface area contributed by atoms with Crippen molar-refractivity contribution in [1.29, 1.82) is 0 Å². The van der Waals surface area contributed by atoms with Gasteiger partial charge in [-0.05, 0) is 35.7 Å². The fourth-order valence-electron chi connectivity index (χ4n) is 1.84. The maximum Gasteiger partial charge on any atom is 0.0417 e. The zero-order valence-electron chi connectivity index (χ0n) is 8.03. The summed E-state index contributed by atoms with van der Waals surface area (Å²) >= 11 is 7.80. The zero-order chi connectivity index (χ0) is 10.3. The third-order valence-electron chi connectivity index (χ3n) is 2.60. The lowest BCUT2D eigenvalue weighted by Crippen LogP contribution is -1.98. The molecule has 0 amide bonds. The van der Waals surface area contributed by atoms with Gasteiger partial charge in [-0.1, -0.05) is 47.6 Å². The standard InChI is InChI=1S/C13H9ClS/c14-11-6-5-10-7-9-3-1-2-4-12(9)15-13(10)8-11/h1-6,8H,7H2. The normalized spacial score (nSPS) is 13.1. The molecule has 2 aromatic carbocycles. The Bertz CT molecular complexity index is 520. The lowest BCUT2D eigenvalue weighted by molar-refractivity contribution is 1.06. The van der Waals surface area contributed by atoms with Crippen LogP contribution >= 0.6 is 23.4 Å². The van der Waals surface area contributed by atoms with Crippen LogP contribution in [-0.2, 0) is 6.42 Å². The zero-order valence-corrected chi connectivity index (χ0v) is 9.61. The van der Waals surface area contributed by atoms with Crippen molar-refractivity contribution in [2.75, 3.05) is 0 Å². The Balaban J connectivity index is 2.11. The van der Waals surface area contributed by atoms with Crippen LogP contribution in [-0.4, -0.2) is 0 Å². The van der Waals surface area contributed by atoms with Gasteiger partial charge in [0.2, 0.25) is 0 Å². The summed E-state index contributed by atoms with van der Waals surface area (Å²) in [6.07, 6.45) is 1.02. The summed E-state index contributed by atoms with van der Waals surface area (Å²) in [5, 5.41) is 0.820. The van der Waals surface area contributed by atoms with Crippen molar-refractivity contribution in [2.24, 2.45) is 0 Å². The monoisotopic (exact) mass is 232 g/mol. The van der Waals surface area contributed by atoms with Gasteiger partial charge in [-0.25, -0.2) is 0 Å². The van der Waals surface area contributed by atoms with Crippen molar-refractivity contribution in [3.05, 3.63) is 58.6 Å². The van der Waals surface area contributed by atoms with E-state index < -0.39 is 0 Å². The van der Waals surface area contributed by atoms with E-state index in [4.69, 9.17) is 11.6 Å². The van der Waals surface area contributed by atoms with Crippen LogP contribution in [0.3, 0.4) is 0 Å². The fraction of sp³-hybridized carbons (Fsp3) is 0.0769. The molecular formula is C13H9ClS. The minimum absolute atomic E-state index is 0.820. The van der Waals surface area contributed by atoms with Gasteiger partial charge in [0.15, 0.2) is 0 Å². The van der Waals surface area contributed by atoms with Crippen molar-refractivity contribution in [3.63, 3.8) is 0 Å². The molecule has 0 saturated carbocycles. The average Bonchev–Trinajstić information content (AvgIpc) is 2.26. The van der Waals surface area contributed by atoms with Gasteiger partial charge in [0.25, 0.3) is 0 Å². The van der Waals surface area contributed by atoms with Crippen LogP contribution in [0, 0.1) is 0 Å². The summed E-state index contributed by atoms with van der Waals surface area (Å²) in [7, 11) is 0. The molecule has 0 atom stereocenters. The highest BCUT2D eigenvalue weighted by atomic mass is 35.5. The first-order valence-corrected chi connectivity index (χ1v) is 6.06. The molecular weight excluding hydrogens is 224 g/mol. The molecule has 15 heavy (non-hydrogen) atoms. The molecule has 2 heteroatoms. The van der Waals surface area contributed by atoms with Crippen LogP contribution < -0.4 is 0 Å². The molecule has 0 unspecified atom stereocenters. The van der Waals surface area contributed by atoms with E-state index in [9.17, 15) is 0 Å². The SMILES string of the molecule is Clc1ccc2c(c1)Sc1ccccc1C2. The lowest BCUT2D eigenvalue weighted by Gasteiger charge is -2.18. The average molecular weight is 233 g/mol. The third-order valence-corrected chi connectivity index (χ3v) is 4.06. The highest BCUT2D eigenvalue weighted by Crippen LogP contribution is 2.40. The van der Waals surface area contributed by atoms with Gasteiger partial charge in [0.05, 0.1) is 0 Å². The second-order valence-electron chi connectivity index (χ2n) is 3.64. The molecule has 0 nitrogen and oxygen atoms in total. The van der Waals surface area contributed by atoms with Crippen LogP contribution in [0.4, 0.5) is 0 Å². The van der Waals surface area contributed by atoms with Crippen LogP contribution in [0.1, 0.15) is 11.1 Å². The second kappa shape index (κ2) is 3.58. The summed E-state index contributed by atoms with van der Waals surface area (Å²) in [5.41, 5.74) is 2.79. The molecule has 0 fully saturated rings. The summed E-state index contributed by atoms with van der Waals surface area (Å²) in [5.74, 6) is 0. The Labute approximate surface area is 98.3 Å². The highest BCUT2D eigenvalue weighted by molar-refractivity contribution is 7.99. The summed E-state index contributed by atoms with van der Waals surface area (Å²) in [6, 6.07) is 14.7. The molecule has 0 saturated heterocycles. The number of benzene rings is 2. The predicted octanol–water partition coefficient (Wildman–Crippen LogP) is 4.40. The maximum absolute atomic E-state index is 5.99. The van der Waals surface area contributed by atoms with Crippen molar-refractivity contribution < 1.29 is 0 Å². The molecule has 1 aliphatic rings. The van der Waals surface area contributed by atoms with E-state index in [1.165, 1.54) is 20.9 Å². The minimum atomic E-state index is 0.820. The predicted molar refractivity (Wildman–Crippen MR) is 64.8 cm³/mol. The van der Waals surface area contributed by atoms with E-state index in [2.05, 4.69) is 36.4 Å². The molecule has 0 radical (unpaired) electrons. The lowest BCUT2D eigenvalue weighted by atomic mass is 10.0. The molecule has 0 aromatic heterocycles. The molecule has 74 valence electrons. The highest BCUT2D eigenvalue weighted by Gasteiger charge is 2.15. The topological polar surface area (TPSA) is 0 Å². The van der Waals surface area contributed by atoms with E-state index >= 15 is 0 Å². The first kappa shape index (κ1) is 9.32. The molecule has 3 rings (SSSR count). The largest absolute Gasteiger partial charge is 0.0894 e. The van der Waals surface area contributed by atoms with E-state index in [-0.39, 0.29) is 0 Å². The Morgan fingerprint density at radius 3 is 2.67 bits per heavy atom. The van der Waals surface area contributed by atoms with Gasteiger partial charge in [-0.3, -0.25) is 0 Å². The Morgan fingerprint density at radius 1 is 0.933 bits per heavy atom. The molecule has 0 spiro atoms. The summed E-state index contributed by atoms with van der Waals surface area (Å²) in [4.78, 5) is 2.65. The molecule has 2 aromatic rings. The fourth-order valence-corrected chi connectivity index (χ4v) is 3.19. The van der Waals surface area contributed by atoms with E-state index in [0.29, 0.717) is 0 Å². The Hall–Kier alpha value is -0.920. The first-order chi connectivity index (χ1) is 7.33. The van der Waals surface area contributed by atoms with Gasteiger partial charge >= 0.3 is 0 Å². The Kier molecular flexibility index (Phi) is 2.23. The quantitative estimate of drug-likeness (QED) is 0.554. The molecule has 0 aliphatic carbocycles. The van der Waals surface area contributed by atoms with Crippen molar-refractivity contribution >= 4 is 23.4 Å². The smallest absolute Gasteiger partial charge is 0.0417 e. The van der Waals surface area contributed by atoms with Crippen molar-refractivity contribution in [3.8, 4) is 0 Å². The molecule has 1 heterocycles. The number of fused-ring (bicyclic) bond motifs is 2. The molecule has 0 N–H and O–H groups in total. The van der Waals surface area contributed by atoms with E-state index in [1.807, 2.05) is 17.8 Å². The summed E-state index contributed by atoms with van der Waals surface area (Å²) in [6.45, 7) is 0. The maximum atomic E-state index is 5.99. The third kappa shape index (κ3) is 1.66. The van der Waals surface area contributed by atoms with Gasteiger partial charge in [0.1, 0.15) is 0 Å². The van der Waals surface area contributed by atoms with Crippen LogP contribution in [0.25, 0.3) is 0 Å². The van der Waals surface area contributed by atoms with Crippen LogP contribution in [0.15, 0.2) is 52.3 Å². The Morgan fingerprint density at radius 2 is 1.73 bits per heavy atom. The second-order valence-corrected chi connectivity index (χ2v) is 5.16. The van der Waals surface area contributed by atoms with Crippen LogP contribution in [0.2, 0.25) is 5.02 Å². The number of rotatable bonds is 0. The van der Waals surface area contributed by atoms with Crippen molar-refractivity contribution in [2.45, 2.75) is 16.2 Å². The first-order valence-electron chi connectivity index (χ1n) is 4.87. The minimum Gasteiger partial charge on any atom is -0.0894 e. The van der Waals surface area contributed by atoms with Gasteiger partial charge < -0.3 is 0 Å². The molecule has 1 aliphatic heterocycles. The van der Waals surface area contributed by atoms with E-state index in [0.717, 1.165) is 11.4 Å². The molecule has 0 bridgehead atoms. The van der Waals surface area contributed by atoms with Gasteiger partial charge in [-0.2, -0.15) is 0 Å². The van der Waals surface area contributed by atoms with Crippen molar-refractivity contribution in [1.82, 2.24) is 0 Å². The summed E-state index contributed by atoms with van der Waals surface area (Å²) < 4.78 is 0. The number of halogens is 1. The van der Waals surface area contributed by atoms with Crippen LogP contribution in [0.5, 0.6) is 0 Å². The van der Waals surface area contributed by atoms with E-state index in [1.54, 1.807) is 0 Å². The van der Waals surface area contributed by atoms with Gasteiger partial charge in [0, 0.05) is 14.8 Å².